The van der Waals surface area contributed by atoms with Gasteiger partial charge < -0.3 is 29.9 Å². The van der Waals surface area contributed by atoms with Gasteiger partial charge in [0.2, 0.25) is 0 Å². The number of carbonyl (C=O) groups excluding carboxylic acids is 2. The van der Waals surface area contributed by atoms with Gasteiger partial charge in [0.1, 0.15) is 11.7 Å². The van der Waals surface area contributed by atoms with Gasteiger partial charge in [-0.05, 0) is 62.2 Å². The maximum absolute atomic E-state index is 12.3. The van der Waals surface area contributed by atoms with Crippen LogP contribution in [0.3, 0.4) is 0 Å². The molecule has 0 spiro atoms. The maximum atomic E-state index is 12.3. The van der Waals surface area contributed by atoms with Crippen molar-refractivity contribution in [2.75, 3.05) is 0 Å². The third-order valence-electron chi connectivity index (χ3n) is 3.81. The van der Waals surface area contributed by atoms with Gasteiger partial charge in [-0.1, -0.05) is 12.1 Å². The lowest BCUT2D eigenvalue weighted by Crippen LogP contribution is -2.25. The summed E-state index contributed by atoms with van der Waals surface area (Å²) in [6.45, 7) is 5.11. The van der Waals surface area contributed by atoms with Crippen molar-refractivity contribution in [3.63, 3.8) is 0 Å². The van der Waals surface area contributed by atoms with Crippen LogP contribution in [-0.2, 0) is 19.1 Å². The van der Waals surface area contributed by atoms with Crippen LogP contribution in [0, 0.1) is 0 Å². The molecule has 0 saturated carbocycles. The van der Waals surface area contributed by atoms with Crippen molar-refractivity contribution < 1.29 is 39.5 Å². The number of aromatic hydroxyl groups is 4. The van der Waals surface area contributed by atoms with Gasteiger partial charge >= 0.3 is 11.9 Å². The molecule has 0 saturated heterocycles. The van der Waals surface area contributed by atoms with E-state index in [1.54, 1.807) is 20.8 Å². The minimum Gasteiger partial charge on any atom is -0.504 e. The molecule has 1 unspecified atom stereocenters. The maximum Gasteiger partial charge on any atom is 0.331 e. The highest BCUT2D eigenvalue weighted by molar-refractivity contribution is 5.87. The average Bonchev–Trinajstić information content (AvgIpc) is 2.63. The van der Waals surface area contributed by atoms with Crippen LogP contribution in [0.2, 0.25) is 0 Å². The number of hydrogen-bond acceptors (Lipinski definition) is 8. The zero-order valence-corrected chi connectivity index (χ0v) is 16.8. The molecule has 30 heavy (non-hydrogen) atoms. The van der Waals surface area contributed by atoms with Gasteiger partial charge in [-0.3, -0.25) is 4.79 Å². The van der Waals surface area contributed by atoms with E-state index in [9.17, 15) is 30.0 Å². The Hall–Kier alpha value is -3.68. The molecule has 0 bridgehead atoms. The molecule has 1 atom stereocenters. The second-order valence-corrected chi connectivity index (χ2v) is 7.55. The number of carbonyl (C=O) groups is 2. The molecule has 0 aliphatic heterocycles. The lowest BCUT2D eigenvalue weighted by atomic mass is 10.1. The van der Waals surface area contributed by atoms with Crippen LogP contribution in [0.25, 0.3) is 6.08 Å². The van der Waals surface area contributed by atoms with Gasteiger partial charge in [0.15, 0.2) is 23.0 Å². The van der Waals surface area contributed by atoms with Crippen LogP contribution in [-0.4, -0.2) is 38.0 Å². The Kier molecular flexibility index (Phi) is 6.94. The predicted molar refractivity (Wildman–Crippen MR) is 108 cm³/mol. The van der Waals surface area contributed by atoms with Crippen LogP contribution < -0.4 is 0 Å². The molecule has 0 radical (unpaired) electrons. The van der Waals surface area contributed by atoms with Crippen molar-refractivity contribution in [1.82, 2.24) is 0 Å². The van der Waals surface area contributed by atoms with Crippen LogP contribution in [0.1, 0.15) is 44.4 Å². The summed E-state index contributed by atoms with van der Waals surface area (Å²) in [6, 6.07) is 7.84. The van der Waals surface area contributed by atoms with E-state index in [1.165, 1.54) is 42.5 Å². The highest BCUT2D eigenvalue weighted by atomic mass is 16.6. The van der Waals surface area contributed by atoms with Crippen molar-refractivity contribution in [3.05, 3.63) is 53.6 Å². The van der Waals surface area contributed by atoms with Crippen LogP contribution in [0.15, 0.2) is 42.5 Å². The van der Waals surface area contributed by atoms with Crippen molar-refractivity contribution in [2.24, 2.45) is 0 Å². The first-order valence-corrected chi connectivity index (χ1v) is 9.09. The molecule has 8 heteroatoms. The standard InChI is InChI=1S/C22H24O8/c1-22(2,3)30-21(28)12-19(14-6-8-16(24)18(26)11-14)29-20(27)9-5-13-4-7-15(23)17(25)10-13/h4-11,19,23-26H,12H2,1-3H3/b9-5+. The number of phenolic OH excluding ortho intramolecular Hbond substituents is 4. The minimum atomic E-state index is -1.07. The average molecular weight is 416 g/mol. The third kappa shape index (κ3) is 6.73. The second-order valence-electron chi connectivity index (χ2n) is 7.55. The van der Waals surface area contributed by atoms with Gasteiger partial charge in [-0.15, -0.1) is 0 Å². The Balaban J connectivity index is 2.19. The fourth-order valence-corrected chi connectivity index (χ4v) is 2.49. The van der Waals surface area contributed by atoms with Crippen LogP contribution >= 0.6 is 0 Å². The van der Waals surface area contributed by atoms with E-state index in [1.807, 2.05) is 0 Å². The van der Waals surface area contributed by atoms with E-state index in [0.29, 0.717) is 11.1 Å². The zero-order chi connectivity index (χ0) is 22.5. The van der Waals surface area contributed by atoms with Gasteiger partial charge in [0.25, 0.3) is 0 Å². The second kappa shape index (κ2) is 9.21. The number of hydrogen-bond donors (Lipinski definition) is 4. The molecule has 0 aliphatic rings. The molecule has 0 fully saturated rings. The Labute approximate surface area is 173 Å². The molecule has 2 aromatic rings. The highest BCUT2D eigenvalue weighted by Crippen LogP contribution is 2.31. The van der Waals surface area contributed by atoms with E-state index >= 15 is 0 Å². The van der Waals surface area contributed by atoms with Gasteiger partial charge in [0, 0.05) is 6.08 Å². The third-order valence-corrected chi connectivity index (χ3v) is 3.81. The Bertz CT molecular complexity index is 956. The molecule has 0 aliphatic carbocycles. The van der Waals surface area contributed by atoms with Crippen LogP contribution in [0.4, 0.5) is 0 Å². The molecular weight excluding hydrogens is 392 g/mol. The van der Waals surface area contributed by atoms with Gasteiger partial charge in [-0.2, -0.15) is 0 Å². The first-order valence-electron chi connectivity index (χ1n) is 9.09. The zero-order valence-electron chi connectivity index (χ0n) is 16.8. The number of phenols is 4. The van der Waals surface area contributed by atoms with E-state index in [4.69, 9.17) is 9.47 Å². The molecular formula is C22H24O8. The first kappa shape index (κ1) is 22.6. The minimum absolute atomic E-state index is 0.292. The van der Waals surface area contributed by atoms with Gasteiger partial charge in [-0.25, -0.2) is 4.79 Å². The SMILES string of the molecule is CC(C)(C)OC(=O)CC(OC(=O)/C=C/c1ccc(O)c(O)c1)c1ccc(O)c(O)c1. The smallest absolute Gasteiger partial charge is 0.331 e. The monoisotopic (exact) mass is 416 g/mol. The largest absolute Gasteiger partial charge is 0.504 e. The lowest BCUT2D eigenvalue weighted by Gasteiger charge is -2.22. The first-order chi connectivity index (χ1) is 13.9. The molecule has 0 heterocycles. The number of benzene rings is 2. The quantitative estimate of drug-likeness (QED) is 0.319. The Morgan fingerprint density at radius 2 is 1.53 bits per heavy atom. The van der Waals surface area contributed by atoms with Crippen LogP contribution in [0.5, 0.6) is 23.0 Å². The molecule has 4 N–H and O–H groups in total. The van der Waals surface area contributed by atoms with E-state index < -0.39 is 29.4 Å². The van der Waals surface area contributed by atoms with Crippen molar-refractivity contribution in [1.29, 1.82) is 0 Å². The van der Waals surface area contributed by atoms with E-state index in [0.717, 1.165) is 6.08 Å². The summed E-state index contributed by atoms with van der Waals surface area (Å²) in [5.74, 6) is -2.81. The molecule has 2 aromatic carbocycles. The summed E-state index contributed by atoms with van der Waals surface area (Å²) in [5.41, 5.74) is -0.00262. The summed E-state index contributed by atoms with van der Waals surface area (Å²) in [4.78, 5) is 24.5. The summed E-state index contributed by atoms with van der Waals surface area (Å²) in [6.07, 6.45) is 1.08. The molecule has 160 valence electrons. The number of rotatable bonds is 6. The summed E-state index contributed by atoms with van der Waals surface area (Å²) in [5, 5.41) is 38.1. The summed E-state index contributed by atoms with van der Waals surface area (Å²) in [7, 11) is 0. The predicted octanol–water partition coefficient (Wildman–Crippen LogP) is 3.54. The Morgan fingerprint density at radius 1 is 0.933 bits per heavy atom. The normalized spacial score (nSPS) is 12.5. The number of ether oxygens (including phenoxy) is 2. The highest BCUT2D eigenvalue weighted by Gasteiger charge is 2.25. The lowest BCUT2D eigenvalue weighted by molar-refractivity contribution is -0.160. The Morgan fingerprint density at radius 3 is 2.10 bits per heavy atom. The molecule has 8 nitrogen and oxygen atoms in total. The fraction of sp³-hybridized carbons (Fsp3) is 0.273. The summed E-state index contributed by atoms with van der Waals surface area (Å²) >= 11 is 0. The molecule has 0 aromatic heterocycles. The van der Waals surface area contributed by atoms with Crippen molar-refractivity contribution >= 4 is 18.0 Å². The fourth-order valence-electron chi connectivity index (χ4n) is 2.49. The van der Waals surface area contributed by atoms with Crippen molar-refractivity contribution in [2.45, 2.75) is 38.9 Å². The molecule has 2 rings (SSSR count). The molecule has 0 amide bonds. The van der Waals surface area contributed by atoms with E-state index in [-0.39, 0.29) is 23.7 Å². The topological polar surface area (TPSA) is 134 Å². The van der Waals surface area contributed by atoms with Gasteiger partial charge in [0.05, 0.1) is 6.42 Å². The van der Waals surface area contributed by atoms with E-state index in [2.05, 4.69) is 0 Å². The van der Waals surface area contributed by atoms with Crippen molar-refractivity contribution in [3.8, 4) is 23.0 Å². The summed E-state index contributed by atoms with van der Waals surface area (Å²) < 4.78 is 10.6. The number of esters is 2.